The van der Waals surface area contributed by atoms with Gasteiger partial charge in [-0.15, -0.1) is 0 Å². The molecule has 152 valence electrons. The molecule has 3 atom stereocenters. The van der Waals surface area contributed by atoms with Gasteiger partial charge < -0.3 is 16.8 Å². The van der Waals surface area contributed by atoms with Gasteiger partial charge in [0.1, 0.15) is 0 Å². The first-order valence-corrected chi connectivity index (χ1v) is 9.86. The van der Waals surface area contributed by atoms with Crippen LogP contribution in [0.4, 0.5) is 0 Å². The summed E-state index contributed by atoms with van der Waals surface area (Å²) in [5.41, 5.74) is 11.4. The molecule has 0 aliphatic rings. The van der Waals surface area contributed by atoms with Crippen molar-refractivity contribution in [2.75, 3.05) is 6.54 Å². The SMILES string of the molecule is CCC(C)C(=O)C(N)CCCC(=O)NCCCCC(N)C(=O)C(C)(C)C. The minimum atomic E-state index is -0.473. The Kier molecular flexibility index (Phi) is 11.6. The number of rotatable bonds is 13. The molecule has 0 saturated carbocycles. The number of ketones is 2. The van der Waals surface area contributed by atoms with Crippen LogP contribution >= 0.6 is 0 Å². The summed E-state index contributed by atoms with van der Waals surface area (Å²) in [5.74, 6) is 0.109. The first-order valence-electron chi connectivity index (χ1n) is 9.86. The average molecular weight is 370 g/mol. The fraction of sp³-hybridized carbons (Fsp3) is 0.850. The highest BCUT2D eigenvalue weighted by atomic mass is 16.1. The van der Waals surface area contributed by atoms with Crippen LogP contribution in [0.3, 0.4) is 0 Å². The molecule has 5 N–H and O–H groups in total. The van der Waals surface area contributed by atoms with Crippen LogP contribution in [0.5, 0.6) is 0 Å². The molecule has 0 aliphatic heterocycles. The van der Waals surface area contributed by atoms with Crippen LogP contribution in [0.2, 0.25) is 0 Å². The van der Waals surface area contributed by atoms with Gasteiger partial charge in [-0.25, -0.2) is 0 Å². The molecule has 0 rings (SSSR count). The molecule has 26 heavy (non-hydrogen) atoms. The lowest BCUT2D eigenvalue weighted by molar-refractivity contribution is -0.127. The smallest absolute Gasteiger partial charge is 0.219 e. The zero-order valence-corrected chi connectivity index (χ0v) is 17.3. The molecule has 0 spiro atoms. The fourth-order valence-corrected chi connectivity index (χ4v) is 2.68. The van der Waals surface area contributed by atoms with Crippen LogP contribution < -0.4 is 16.8 Å². The maximum atomic E-state index is 12.0. The first-order chi connectivity index (χ1) is 12.0. The number of nitrogens with one attached hydrogen (secondary N) is 1. The van der Waals surface area contributed by atoms with Crippen molar-refractivity contribution in [3.63, 3.8) is 0 Å². The second kappa shape index (κ2) is 12.2. The van der Waals surface area contributed by atoms with Gasteiger partial charge >= 0.3 is 0 Å². The third-order valence-corrected chi connectivity index (χ3v) is 4.72. The van der Waals surface area contributed by atoms with Gasteiger partial charge in [-0.3, -0.25) is 14.4 Å². The van der Waals surface area contributed by atoms with Gasteiger partial charge in [-0.05, 0) is 38.5 Å². The van der Waals surface area contributed by atoms with Crippen molar-refractivity contribution in [3.05, 3.63) is 0 Å². The largest absolute Gasteiger partial charge is 0.356 e. The van der Waals surface area contributed by atoms with Crippen molar-refractivity contribution in [1.29, 1.82) is 0 Å². The molecule has 0 radical (unpaired) electrons. The van der Waals surface area contributed by atoms with E-state index >= 15 is 0 Å². The monoisotopic (exact) mass is 369 g/mol. The Morgan fingerprint density at radius 1 is 0.962 bits per heavy atom. The van der Waals surface area contributed by atoms with E-state index in [1.807, 2.05) is 34.6 Å². The highest BCUT2D eigenvalue weighted by Gasteiger charge is 2.26. The van der Waals surface area contributed by atoms with Crippen molar-refractivity contribution >= 4 is 17.5 Å². The molecule has 0 aliphatic carbocycles. The lowest BCUT2D eigenvalue weighted by Crippen LogP contribution is -2.38. The van der Waals surface area contributed by atoms with E-state index in [9.17, 15) is 14.4 Å². The summed E-state index contributed by atoms with van der Waals surface area (Å²) < 4.78 is 0. The van der Waals surface area contributed by atoms with Gasteiger partial charge in [0.05, 0.1) is 12.1 Å². The molecule has 0 aromatic carbocycles. The van der Waals surface area contributed by atoms with Gasteiger partial charge in [-0.2, -0.15) is 0 Å². The summed E-state index contributed by atoms with van der Waals surface area (Å²) in [5, 5.41) is 2.86. The van der Waals surface area contributed by atoms with Gasteiger partial charge in [0.2, 0.25) is 5.91 Å². The third-order valence-electron chi connectivity index (χ3n) is 4.72. The number of hydrogen-bond donors (Lipinski definition) is 3. The molecule has 0 heterocycles. The van der Waals surface area contributed by atoms with Crippen molar-refractivity contribution in [1.82, 2.24) is 5.32 Å². The predicted molar refractivity (Wildman–Crippen MR) is 106 cm³/mol. The minimum Gasteiger partial charge on any atom is -0.356 e. The zero-order valence-electron chi connectivity index (χ0n) is 17.3. The van der Waals surface area contributed by atoms with Crippen LogP contribution in [0.1, 0.15) is 79.6 Å². The van der Waals surface area contributed by atoms with Gasteiger partial charge in [0, 0.05) is 24.3 Å². The van der Waals surface area contributed by atoms with E-state index in [2.05, 4.69) is 5.32 Å². The second-order valence-electron chi connectivity index (χ2n) is 8.28. The van der Waals surface area contributed by atoms with Crippen LogP contribution in [0, 0.1) is 11.3 Å². The second-order valence-corrected chi connectivity index (χ2v) is 8.28. The molecule has 0 saturated heterocycles. The fourth-order valence-electron chi connectivity index (χ4n) is 2.68. The Bertz CT molecular complexity index is 458. The number of carbonyl (C=O) groups is 3. The van der Waals surface area contributed by atoms with Gasteiger partial charge in [0.25, 0.3) is 0 Å². The third kappa shape index (κ3) is 10.0. The van der Waals surface area contributed by atoms with Gasteiger partial charge in [-0.1, -0.05) is 34.6 Å². The van der Waals surface area contributed by atoms with E-state index in [1.54, 1.807) is 0 Å². The molecule has 0 fully saturated rings. The topological polar surface area (TPSA) is 115 Å². The molecular formula is C20H39N3O3. The number of carbonyl (C=O) groups excluding carboxylic acids is 3. The normalized spacial score (nSPS) is 15.2. The maximum Gasteiger partial charge on any atom is 0.219 e. The highest BCUT2D eigenvalue weighted by molar-refractivity contribution is 5.88. The summed E-state index contributed by atoms with van der Waals surface area (Å²) in [6, 6.07) is -0.908. The van der Waals surface area contributed by atoms with Crippen molar-refractivity contribution in [3.8, 4) is 0 Å². The van der Waals surface area contributed by atoms with Gasteiger partial charge in [0.15, 0.2) is 11.6 Å². The van der Waals surface area contributed by atoms with Crippen molar-refractivity contribution in [2.45, 2.75) is 91.6 Å². The number of unbranched alkanes of at least 4 members (excludes halogenated alkanes) is 1. The summed E-state index contributed by atoms with van der Waals surface area (Å²) in [7, 11) is 0. The molecule has 1 amide bonds. The summed E-state index contributed by atoms with van der Waals surface area (Å²) in [6.07, 6.45) is 4.56. The van der Waals surface area contributed by atoms with Crippen LogP contribution in [0.25, 0.3) is 0 Å². The van der Waals surface area contributed by atoms with Crippen LogP contribution in [-0.4, -0.2) is 36.1 Å². The molecule has 0 bridgehead atoms. The Morgan fingerprint density at radius 3 is 2.08 bits per heavy atom. The Morgan fingerprint density at radius 2 is 1.54 bits per heavy atom. The quantitative estimate of drug-likeness (QED) is 0.431. The van der Waals surface area contributed by atoms with E-state index in [1.165, 1.54) is 0 Å². The lowest BCUT2D eigenvalue weighted by Gasteiger charge is -2.21. The Hall–Kier alpha value is -1.27. The predicted octanol–water partition coefficient (Wildman–Crippen LogP) is 2.33. The van der Waals surface area contributed by atoms with E-state index in [-0.39, 0.29) is 23.4 Å². The minimum absolute atomic E-state index is 0.0182. The molecule has 0 aromatic heterocycles. The van der Waals surface area contributed by atoms with Crippen LogP contribution in [-0.2, 0) is 14.4 Å². The Balaban J connectivity index is 3.82. The lowest BCUT2D eigenvalue weighted by atomic mass is 9.85. The zero-order chi connectivity index (χ0) is 20.3. The molecule has 3 unspecified atom stereocenters. The average Bonchev–Trinajstić information content (AvgIpc) is 2.58. The number of Topliss-reactive ketones (excluding diaryl/α,β-unsaturated/α-hetero) is 2. The van der Waals surface area contributed by atoms with Crippen molar-refractivity contribution < 1.29 is 14.4 Å². The number of amides is 1. The Labute approximate surface area is 158 Å². The summed E-state index contributed by atoms with van der Waals surface area (Å²) >= 11 is 0. The first kappa shape index (κ1) is 24.7. The van der Waals surface area contributed by atoms with Crippen molar-refractivity contribution in [2.24, 2.45) is 22.8 Å². The molecular weight excluding hydrogens is 330 g/mol. The highest BCUT2D eigenvalue weighted by Crippen LogP contribution is 2.18. The maximum absolute atomic E-state index is 12.0. The molecule has 6 nitrogen and oxygen atoms in total. The number of nitrogens with two attached hydrogens (primary N) is 2. The van der Waals surface area contributed by atoms with E-state index in [0.29, 0.717) is 32.2 Å². The molecule has 0 aromatic rings. The van der Waals surface area contributed by atoms with E-state index in [0.717, 1.165) is 19.3 Å². The van der Waals surface area contributed by atoms with E-state index < -0.39 is 17.5 Å². The molecule has 6 heteroatoms. The van der Waals surface area contributed by atoms with E-state index in [4.69, 9.17) is 11.5 Å². The summed E-state index contributed by atoms with van der Waals surface area (Å²) in [4.78, 5) is 35.7. The standard InChI is InChI=1S/C20H39N3O3/c1-6-14(2)18(25)15(21)11-9-12-17(24)23-13-8-7-10-16(22)19(26)20(3,4)5/h14-16H,6-13,21-22H2,1-5H3,(H,23,24). The summed E-state index contributed by atoms with van der Waals surface area (Å²) in [6.45, 7) is 10.0. The number of hydrogen-bond acceptors (Lipinski definition) is 5. The van der Waals surface area contributed by atoms with Crippen LogP contribution in [0.15, 0.2) is 0 Å².